The van der Waals surface area contributed by atoms with Gasteiger partial charge in [-0.15, -0.1) is 0 Å². The Balaban J connectivity index is 0. The normalized spacial score (nSPS) is 12.9. The van der Waals surface area contributed by atoms with Crippen molar-refractivity contribution in [2.24, 2.45) is 0 Å². The van der Waals surface area contributed by atoms with Crippen molar-refractivity contribution < 1.29 is 53.2 Å². The molecule has 0 aliphatic rings. The third-order valence-corrected chi connectivity index (χ3v) is 3.41. The van der Waals surface area contributed by atoms with Crippen LogP contribution in [0.2, 0.25) is 0 Å². The highest BCUT2D eigenvalue weighted by molar-refractivity contribution is 4.47. The van der Waals surface area contributed by atoms with E-state index < -0.39 is 6.10 Å². The first kappa shape index (κ1) is 33.7. The zero-order chi connectivity index (χ0) is 24.1. The van der Waals surface area contributed by atoms with E-state index >= 15 is 0 Å². The van der Waals surface area contributed by atoms with E-state index in [9.17, 15) is 0 Å². The summed E-state index contributed by atoms with van der Waals surface area (Å²) in [5.74, 6) is 0. The SMILES string of the molecule is CC(O)COC(C)CO.COCCOCCOCCOCCOCCOCCOCCO. The molecule has 0 saturated heterocycles. The van der Waals surface area contributed by atoms with Crippen molar-refractivity contribution in [3.05, 3.63) is 0 Å². The van der Waals surface area contributed by atoms with Crippen LogP contribution < -0.4 is 0 Å². The Kier molecular flexibility index (Phi) is 32.2. The van der Waals surface area contributed by atoms with Crippen molar-refractivity contribution in [2.75, 3.05) is 113 Å². The lowest BCUT2D eigenvalue weighted by molar-refractivity contribution is -0.0202. The maximum Gasteiger partial charge on any atom is 0.0779 e. The number of rotatable bonds is 24. The Morgan fingerprint density at radius 1 is 0.562 bits per heavy atom. The van der Waals surface area contributed by atoms with Crippen LogP contribution in [0, 0.1) is 0 Å². The Morgan fingerprint density at radius 2 is 0.906 bits per heavy atom. The van der Waals surface area contributed by atoms with E-state index in [1.54, 1.807) is 21.0 Å². The molecule has 32 heavy (non-hydrogen) atoms. The van der Waals surface area contributed by atoms with Gasteiger partial charge in [-0.1, -0.05) is 0 Å². The van der Waals surface area contributed by atoms with Crippen molar-refractivity contribution in [3.8, 4) is 0 Å². The molecule has 0 aromatic rings. The van der Waals surface area contributed by atoms with Gasteiger partial charge in [-0.25, -0.2) is 0 Å². The first-order valence-electron chi connectivity index (χ1n) is 11.0. The Bertz CT molecular complexity index is 302. The van der Waals surface area contributed by atoms with Gasteiger partial charge in [-0.2, -0.15) is 0 Å². The molecule has 11 heteroatoms. The van der Waals surface area contributed by atoms with E-state index in [1.807, 2.05) is 0 Å². The second-order valence-electron chi connectivity index (χ2n) is 6.57. The van der Waals surface area contributed by atoms with Gasteiger partial charge in [-0.05, 0) is 13.8 Å². The molecule has 3 N–H and O–H groups in total. The quantitative estimate of drug-likeness (QED) is 0.156. The van der Waals surface area contributed by atoms with Gasteiger partial charge in [0, 0.05) is 7.11 Å². The molecular formula is C21H46O11. The summed E-state index contributed by atoms with van der Waals surface area (Å²) in [5, 5.41) is 25.6. The van der Waals surface area contributed by atoms with Gasteiger partial charge in [-0.3, -0.25) is 0 Å². The lowest BCUT2D eigenvalue weighted by Crippen LogP contribution is -2.19. The molecular weight excluding hydrogens is 428 g/mol. The van der Waals surface area contributed by atoms with Gasteiger partial charge in [0.25, 0.3) is 0 Å². The fourth-order valence-electron chi connectivity index (χ4n) is 1.76. The molecule has 0 aromatic heterocycles. The van der Waals surface area contributed by atoms with E-state index in [0.29, 0.717) is 92.5 Å². The highest BCUT2D eigenvalue weighted by Crippen LogP contribution is 1.90. The van der Waals surface area contributed by atoms with E-state index in [0.717, 1.165) is 0 Å². The monoisotopic (exact) mass is 474 g/mol. The predicted octanol–water partition coefficient (Wildman–Crippen LogP) is -0.511. The van der Waals surface area contributed by atoms with Crippen LogP contribution in [-0.2, 0) is 37.9 Å². The minimum Gasteiger partial charge on any atom is -0.394 e. The molecule has 0 rings (SSSR count). The molecule has 2 atom stereocenters. The number of hydrogen-bond acceptors (Lipinski definition) is 11. The average molecular weight is 475 g/mol. The summed E-state index contributed by atoms with van der Waals surface area (Å²) < 4.78 is 41.4. The van der Waals surface area contributed by atoms with E-state index in [4.69, 9.17) is 53.2 Å². The van der Waals surface area contributed by atoms with Crippen LogP contribution in [-0.4, -0.2) is 140 Å². The van der Waals surface area contributed by atoms with Gasteiger partial charge in [0.2, 0.25) is 0 Å². The summed E-state index contributed by atoms with van der Waals surface area (Å²) in [6, 6.07) is 0. The maximum absolute atomic E-state index is 8.69. The number of aliphatic hydroxyl groups is 3. The smallest absolute Gasteiger partial charge is 0.0779 e. The second kappa shape index (κ2) is 30.6. The zero-order valence-corrected chi connectivity index (χ0v) is 20.1. The van der Waals surface area contributed by atoms with E-state index in [1.165, 1.54) is 0 Å². The summed E-state index contributed by atoms with van der Waals surface area (Å²) in [5.41, 5.74) is 0. The second-order valence-corrected chi connectivity index (χ2v) is 6.57. The molecule has 0 radical (unpaired) electrons. The molecule has 0 bridgehead atoms. The van der Waals surface area contributed by atoms with Crippen LogP contribution in [0.4, 0.5) is 0 Å². The molecule has 0 fully saturated rings. The van der Waals surface area contributed by atoms with E-state index in [2.05, 4.69) is 0 Å². The Labute approximate surface area is 192 Å². The number of methoxy groups -OCH3 is 1. The van der Waals surface area contributed by atoms with Crippen molar-refractivity contribution in [3.63, 3.8) is 0 Å². The van der Waals surface area contributed by atoms with Crippen molar-refractivity contribution in [1.82, 2.24) is 0 Å². The summed E-state index contributed by atoms with van der Waals surface area (Å²) in [4.78, 5) is 0. The Hall–Kier alpha value is -0.440. The molecule has 0 aliphatic carbocycles. The van der Waals surface area contributed by atoms with E-state index in [-0.39, 0.29) is 19.3 Å². The summed E-state index contributed by atoms with van der Waals surface area (Å²) in [7, 11) is 1.64. The predicted molar refractivity (Wildman–Crippen MR) is 118 cm³/mol. The number of ether oxygens (including phenoxy) is 8. The largest absolute Gasteiger partial charge is 0.394 e. The van der Waals surface area contributed by atoms with Gasteiger partial charge < -0.3 is 53.2 Å². The van der Waals surface area contributed by atoms with Gasteiger partial charge in [0.1, 0.15) is 0 Å². The zero-order valence-electron chi connectivity index (χ0n) is 20.1. The summed E-state index contributed by atoms with van der Waals surface area (Å²) in [6.07, 6.45) is -0.612. The summed E-state index contributed by atoms with van der Waals surface area (Å²) in [6.45, 7) is 10.6. The molecule has 0 aliphatic heterocycles. The lowest BCUT2D eigenvalue weighted by Gasteiger charge is -2.10. The first-order chi connectivity index (χ1) is 15.6. The fraction of sp³-hybridized carbons (Fsp3) is 1.00. The highest BCUT2D eigenvalue weighted by Gasteiger charge is 2.00. The van der Waals surface area contributed by atoms with Crippen molar-refractivity contribution in [2.45, 2.75) is 26.1 Å². The van der Waals surface area contributed by atoms with Crippen LogP contribution in [0.25, 0.3) is 0 Å². The average Bonchev–Trinajstić information content (AvgIpc) is 2.79. The molecule has 0 amide bonds. The van der Waals surface area contributed by atoms with Gasteiger partial charge in [0.05, 0.1) is 118 Å². The van der Waals surface area contributed by atoms with Crippen LogP contribution >= 0.6 is 0 Å². The molecule has 0 spiro atoms. The third kappa shape index (κ3) is 34.2. The lowest BCUT2D eigenvalue weighted by atomic mass is 10.4. The number of hydrogen-bond donors (Lipinski definition) is 3. The number of aliphatic hydroxyl groups excluding tert-OH is 3. The van der Waals surface area contributed by atoms with Crippen molar-refractivity contribution >= 4 is 0 Å². The molecule has 2 unspecified atom stereocenters. The van der Waals surface area contributed by atoms with Crippen LogP contribution in [0.1, 0.15) is 13.8 Å². The van der Waals surface area contributed by atoms with Gasteiger partial charge in [0.15, 0.2) is 0 Å². The third-order valence-electron chi connectivity index (χ3n) is 3.41. The van der Waals surface area contributed by atoms with Crippen LogP contribution in [0.15, 0.2) is 0 Å². The van der Waals surface area contributed by atoms with Gasteiger partial charge >= 0.3 is 0 Å². The molecule has 0 aromatic carbocycles. The fourth-order valence-corrected chi connectivity index (χ4v) is 1.76. The minimum absolute atomic E-state index is 0.00667. The topological polar surface area (TPSA) is 135 Å². The van der Waals surface area contributed by atoms with Crippen LogP contribution in [0.3, 0.4) is 0 Å². The van der Waals surface area contributed by atoms with Crippen molar-refractivity contribution in [1.29, 1.82) is 0 Å². The maximum atomic E-state index is 8.69. The molecule has 11 nitrogen and oxygen atoms in total. The van der Waals surface area contributed by atoms with Crippen LogP contribution in [0.5, 0.6) is 0 Å². The Morgan fingerprint density at radius 3 is 1.19 bits per heavy atom. The summed E-state index contributed by atoms with van der Waals surface area (Å²) >= 11 is 0. The molecule has 0 saturated carbocycles. The standard InChI is InChI=1S/C15H32O8.C6H14O3/c1-17-4-5-19-8-9-21-12-13-23-15-14-22-11-10-20-7-6-18-3-2-16;1-5(8)4-9-6(2)3-7/h16H,2-15H2,1H3;5-8H,3-4H2,1-2H3. The first-order valence-corrected chi connectivity index (χ1v) is 11.0. The molecule has 0 heterocycles. The molecule has 196 valence electrons. The minimum atomic E-state index is -0.445. The highest BCUT2D eigenvalue weighted by atomic mass is 16.6.